The minimum atomic E-state index is 0.376. The first kappa shape index (κ1) is 13.0. The van der Waals surface area contributed by atoms with E-state index in [1.54, 1.807) is 7.11 Å². The van der Waals surface area contributed by atoms with Crippen molar-refractivity contribution in [3.8, 4) is 5.75 Å². The Morgan fingerprint density at radius 2 is 2.00 bits per heavy atom. The van der Waals surface area contributed by atoms with E-state index >= 15 is 0 Å². The highest BCUT2D eigenvalue weighted by atomic mass is 16.5. The van der Waals surface area contributed by atoms with Gasteiger partial charge in [-0.3, -0.25) is 0 Å². The lowest BCUT2D eigenvalue weighted by Gasteiger charge is -2.22. The van der Waals surface area contributed by atoms with Crippen molar-refractivity contribution in [3.05, 3.63) is 29.3 Å². The smallest absolute Gasteiger partial charge is 0.122 e. The SMILES string of the molecule is CCc1ccc(OC)c(C(CN)C(C)C)c1. The fourth-order valence-corrected chi connectivity index (χ4v) is 2.05. The van der Waals surface area contributed by atoms with Gasteiger partial charge in [0.25, 0.3) is 0 Å². The maximum atomic E-state index is 5.87. The minimum Gasteiger partial charge on any atom is -0.496 e. The predicted octanol–water partition coefficient (Wildman–Crippen LogP) is 2.96. The molecule has 0 aromatic heterocycles. The molecule has 0 saturated carbocycles. The zero-order chi connectivity index (χ0) is 12.1. The number of hydrogen-bond acceptors (Lipinski definition) is 2. The molecule has 2 N–H and O–H groups in total. The third kappa shape index (κ3) is 2.76. The van der Waals surface area contributed by atoms with Crippen molar-refractivity contribution >= 4 is 0 Å². The molecular formula is C14H23NO. The number of nitrogens with two attached hydrogens (primary N) is 1. The van der Waals surface area contributed by atoms with Crippen LogP contribution in [0.1, 0.15) is 37.8 Å². The summed E-state index contributed by atoms with van der Waals surface area (Å²) in [6, 6.07) is 6.41. The molecule has 1 atom stereocenters. The number of rotatable bonds is 5. The van der Waals surface area contributed by atoms with E-state index in [0.29, 0.717) is 18.4 Å². The Labute approximate surface area is 98.8 Å². The van der Waals surface area contributed by atoms with Crippen molar-refractivity contribution in [2.45, 2.75) is 33.1 Å². The van der Waals surface area contributed by atoms with Crippen LogP contribution in [0.5, 0.6) is 5.75 Å². The summed E-state index contributed by atoms with van der Waals surface area (Å²) in [4.78, 5) is 0. The molecule has 90 valence electrons. The average molecular weight is 221 g/mol. The molecule has 1 unspecified atom stereocenters. The summed E-state index contributed by atoms with van der Waals surface area (Å²) >= 11 is 0. The number of aryl methyl sites for hydroxylation is 1. The molecule has 1 aromatic rings. The Balaban J connectivity index is 3.15. The van der Waals surface area contributed by atoms with Crippen molar-refractivity contribution in [1.82, 2.24) is 0 Å². The Bertz CT molecular complexity index is 334. The van der Waals surface area contributed by atoms with Gasteiger partial charge in [0.05, 0.1) is 7.11 Å². The van der Waals surface area contributed by atoms with Crippen LogP contribution in [0.4, 0.5) is 0 Å². The van der Waals surface area contributed by atoms with E-state index in [9.17, 15) is 0 Å². The molecule has 0 aliphatic rings. The van der Waals surface area contributed by atoms with Crippen molar-refractivity contribution < 1.29 is 4.74 Å². The van der Waals surface area contributed by atoms with Crippen LogP contribution in [0.2, 0.25) is 0 Å². The first-order valence-corrected chi connectivity index (χ1v) is 6.00. The van der Waals surface area contributed by atoms with Crippen LogP contribution in [0.25, 0.3) is 0 Å². The van der Waals surface area contributed by atoms with Crippen LogP contribution in [0, 0.1) is 5.92 Å². The van der Waals surface area contributed by atoms with E-state index < -0.39 is 0 Å². The molecule has 0 heterocycles. The average Bonchev–Trinajstić information content (AvgIpc) is 2.29. The Kier molecular flexibility index (Phi) is 4.81. The van der Waals surface area contributed by atoms with Gasteiger partial charge in [0, 0.05) is 5.92 Å². The van der Waals surface area contributed by atoms with E-state index in [1.165, 1.54) is 11.1 Å². The van der Waals surface area contributed by atoms with Crippen molar-refractivity contribution in [2.24, 2.45) is 11.7 Å². The van der Waals surface area contributed by atoms with Gasteiger partial charge in [-0.1, -0.05) is 32.9 Å². The number of methoxy groups -OCH3 is 1. The van der Waals surface area contributed by atoms with Crippen LogP contribution in [-0.2, 0) is 6.42 Å². The maximum Gasteiger partial charge on any atom is 0.122 e. The van der Waals surface area contributed by atoms with E-state index in [2.05, 4.69) is 39.0 Å². The summed E-state index contributed by atoms with van der Waals surface area (Å²) in [5, 5.41) is 0. The molecule has 2 nitrogen and oxygen atoms in total. The van der Waals surface area contributed by atoms with Crippen LogP contribution in [0.3, 0.4) is 0 Å². The van der Waals surface area contributed by atoms with Gasteiger partial charge in [-0.15, -0.1) is 0 Å². The highest BCUT2D eigenvalue weighted by Crippen LogP contribution is 2.32. The highest BCUT2D eigenvalue weighted by Gasteiger charge is 2.18. The molecular weight excluding hydrogens is 198 g/mol. The lowest BCUT2D eigenvalue weighted by molar-refractivity contribution is 0.395. The molecule has 0 saturated heterocycles. The van der Waals surface area contributed by atoms with Gasteiger partial charge >= 0.3 is 0 Å². The predicted molar refractivity (Wildman–Crippen MR) is 69.0 cm³/mol. The zero-order valence-corrected chi connectivity index (χ0v) is 10.8. The molecule has 0 aliphatic carbocycles. The van der Waals surface area contributed by atoms with Gasteiger partial charge in [-0.2, -0.15) is 0 Å². The lowest BCUT2D eigenvalue weighted by atomic mass is 9.87. The molecule has 2 heteroatoms. The quantitative estimate of drug-likeness (QED) is 0.829. The van der Waals surface area contributed by atoms with Crippen LogP contribution < -0.4 is 10.5 Å². The summed E-state index contributed by atoms with van der Waals surface area (Å²) in [6.45, 7) is 7.24. The fourth-order valence-electron chi connectivity index (χ4n) is 2.05. The van der Waals surface area contributed by atoms with Crippen LogP contribution in [0.15, 0.2) is 18.2 Å². The summed E-state index contributed by atoms with van der Waals surface area (Å²) in [5.41, 5.74) is 8.46. The Hall–Kier alpha value is -1.02. The molecule has 1 rings (SSSR count). The third-order valence-electron chi connectivity index (χ3n) is 3.16. The van der Waals surface area contributed by atoms with Crippen molar-refractivity contribution in [3.63, 3.8) is 0 Å². The van der Waals surface area contributed by atoms with Crippen molar-refractivity contribution in [1.29, 1.82) is 0 Å². The molecule has 0 amide bonds. The van der Waals surface area contributed by atoms with Gasteiger partial charge in [0.15, 0.2) is 0 Å². The molecule has 0 fully saturated rings. The largest absolute Gasteiger partial charge is 0.496 e. The fraction of sp³-hybridized carbons (Fsp3) is 0.571. The lowest BCUT2D eigenvalue weighted by Crippen LogP contribution is -2.18. The second-order valence-electron chi connectivity index (χ2n) is 4.52. The first-order chi connectivity index (χ1) is 7.63. The third-order valence-corrected chi connectivity index (χ3v) is 3.16. The number of ether oxygens (including phenoxy) is 1. The van der Waals surface area contributed by atoms with Gasteiger partial charge in [0.1, 0.15) is 5.75 Å². The van der Waals surface area contributed by atoms with E-state index in [0.717, 1.165) is 12.2 Å². The minimum absolute atomic E-state index is 0.376. The van der Waals surface area contributed by atoms with Gasteiger partial charge in [-0.05, 0) is 36.1 Å². The Morgan fingerprint density at radius 3 is 2.44 bits per heavy atom. The van der Waals surface area contributed by atoms with Crippen LogP contribution in [-0.4, -0.2) is 13.7 Å². The van der Waals surface area contributed by atoms with Gasteiger partial charge in [-0.25, -0.2) is 0 Å². The number of benzene rings is 1. The molecule has 0 aliphatic heterocycles. The zero-order valence-electron chi connectivity index (χ0n) is 10.8. The second kappa shape index (κ2) is 5.90. The van der Waals surface area contributed by atoms with Crippen molar-refractivity contribution in [2.75, 3.05) is 13.7 Å². The monoisotopic (exact) mass is 221 g/mol. The molecule has 16 heavy (non-hydrogen) atoms. The van der Waals surface area contributed by atoms with Crippen LogP contribution >= 0.6 is 0 Å². The van der Waals surface area contributed by atoms with Gasteiger partial charge < -0.3 is 10.5 Å². The molecule has 0 bridgehead atoms. The standard InChI is InChI=1S/C14H23NO/c1-5-11-6-7-14(16-4)12(8-11)13(9-15)10(2)3/h6-8,10,13H,5,9,15H2,1-4H3. The summed E-state index contributed by atoms with van der Waals surface area (Å²) in [5.74, 6) is 1.87. The first-order valence-electron chi connectivity index (χ1n) is 6.00. The highest BCUT2D eigenvalue weighted by molar-refractivity contribution is 5.40. The molecule has 0 spiro atoms. The Morgan fingerprint density at radius 1 is 1.31 bits per heavy atom. The summed E-state index contributed by atoms with van der Waals surface area (Å²) in [6.07, 6.45) is 1.05. The summed E-state index contributed by atoms with van der Waals surface area (Å²) < 4.78 is 5.42. The number of hydrogen-bond donors (Lipinski definition) is 1. The topological polar surface area (TPSA) is 35.2 Å². The molecule has 0 radical (unpaired) electrons. The van der Waals surface area contributed by atoms with E-state index in [-0.39, 0.29) is 0 Å². The second-order valence-corrected chi connectivity index (χ2v) is 4.52. The maximum absolute atomic E-state index is 5.87. The van der Waals surface area contributed by atoms with E-state index in [1.807, 2.05) is 0 Å². The van der Waals surface area contributed by atoms with Gasteiger partial charge in [0.2, 0.25) is 0 Å². The summed E-state index contributed by atoms with van der Waals surface area (Å²) in [7, 11) is 1.72. The normalized spacial score (nSPS) is 12.9. The molecule has 1 aromatic carbocycles. The van der Waals surface area contributed by atoms with E-state index in [4.69, 9.17) is 10.5 Å².